The Bertz CT molecular complexity index is 495. The van der Waals surface area contributed by atoms with Crippen LogP contribution in [0.4, 0.5) is 0 Å². The van der Waals surface area contributed by atoms with Crippen molar-refractivity contribution in [3.63, 3.8) is 0 Å². The van der Waals surface area contributed by atoms with Crippen molar-refractivity contribution in [2.45, 2.75) is 51.4 Å². The van der Waals surface area contributed by atoms with Crippen LogP contribution in [-0.2, 0) is 4.79 Å². The van der Waals surface area contributed by atoms with E-state index in [4.69, 9.17) is 28.9 Å². The number of carbonyl (C=O) groups excluding carboxylic acids is 1. The van der Waals surface area contributed by atoms with E-state index in [1.807, 2.05) is 18.2 Å². The second-order valence-electron chi connectivity index (χ2n) is 5.98. The standard InChI is InChI=1S/C16H21Cl2NO/c1-11(12-5-6-13(17)14(18)9-12)10-16(15(19)20)7-3-2-4-8-16/h5-6,9,11H,2-4,7-8,10H2,1H3,(H2,19,20). The Morgan fingerprint density at radius 1 is 1.25 bits per heavy atom. The SMILES string of the molecule is CC(CC1(C(N)=O)CCCCC1)c1ccc(Cl)c(Cl)c1. The number of nitrogens with two attached hydrogens (primary N) is 1. The molecule has 1 saturated carbocycles. The fourth-order valence-electron chi connectivity index (χ4n) is 3.30. The van der Waals surface area contributed by atoms with Crippen molar-refractivity contribution < 1.29 is 4.79 Å². The zero-order chi connectivity index (χ0) is 14.8. The fourth-order valence-corrected chi connectivity index (χ4v) is 3.61. The topological polar surface area (TPSA) is 43.1 Å². The Labute approximate surface area is 130 Å². The summed E-state index contributed by atoms with van der Waals surface area (Å²) >= 11 is 12.0. The van der Waals surface area contributed by atoms with Crippen LogP contribution in [0, 0.1) is 5.41 Å². The summed E-state index contributed by atoms with van der Waals surface area (Å²) in [5.74, 6) is 0.0967. The van der Waals surface area contributed by atoms with Crippen molar-refractivity contribution in [1.29, 1.82) is 0 Å². The van der Waals surface area contributed by atoms with Crippen LogP contribution in [0.2, 0.25) is 10.0 Å². The highest BCUT2D eigenvalue weighted by molar-refractivity contribution is 6.42. The molecule has 1 aliphatic rings. The first-order chi connectivity index (χ1) is 9.44. The molecule has 1 amide bonds. The average Bonchev–Trinajstić information content (AvgIpc) is 2.42. The number of rotatable bonds is 4. The van der Waals surface area contributed by atoms with Crippen LogP contribution >= 0.6 is 23.2 Å². The van der Waals surface area contributed by atoms with Gasteiger partial charge in [-0.15, -0.1) is 0 Å². The van der Waals surface area contributed by atoms with Crippen LogP contribution in [0.25, 0.3) is 0 Å². The summed E-state index contributed by atoms with van der Waals surface area (Å²) in [6, 6.07) is 5.69. The normalized spacial score (nSPS) is 19.6. The predicted octanol–water partition coefficient (Wildman–Crippen LogP) is 4.92. The second-order valence-corrected chi connectivity index (χ2v) is 6.80. The van der Waals surface area contributed by atoms with E-state index in [2.05, 4.69) is 6.92 Å². The van der Waals surface area contributed by atoms with Gasteiger partial charge in [-0.3, -0.25) is 4.79 Å². The zero-order valence-electron chi connectivity index (χ0n) is 11.8. The second kappa shape index (κ2) is 6.36. The molecule has 0 saturated heterocycles. The van der Waals surface area contributed by atoms with Crippen molar-refractivity contribution in [3.8, 4) is 0 Å². The van der Waals surface area contributed by atoms with Gasteiger partial charge in [0.15, 0.2) is 0 Å². The van der Waals surface area contributed by atoms with Gasteiger partial charge >= 0.3 is 0 Å². The molecular formula is C16H21Cl2NO. The lowest BCUT2D eigenvalue weighted by Gasteiger charge is -2.36. The summed E-state index contributed by atoms with van der Waals surface area (Å²) in [6.45, 7) is 2.12. The first kappa shape index (κ1) is 15.7. The first-order valence-corrected chi connectivity index (χ1v) is 7.95. The van der Waals surface area contributed by atoms with Crippen molar-refractivity contribution in [1.82, 2.24) is 0 Å². The highest BCUT2D eigenvalue weighted by Crippen LogP contribution is 2.43. The summed E-state index contributed by atoms with van der Waals surface area (Å²) in [5, 5.41) is 1.12. The molecule has 0 spiro atoms. The third-order valence-electron chi connectivity index (χ3n) is 4.54. The Morgan fingerprint density at radius 3 is 2.45 bits per heavy atom. The molecule has 0 radical (unpaired) electrons. The molecule has 0 aliphatic heterocycles. The van der Waals surface area contributed by atoms with E-state index in [0.717, 1.165) is 37.7 Å². The number of halogens is 2. The molecule has 2 rings (SSSR count). The number of hydrogen-bond donors (Lipinski definition) is 1. The Hall–Kier alpha value is -0.730. The van der Waals surface area contributed by atoms with Crippen LogP contribution in [0.3, 0.4) is 0 Å². The average molecular weight is 314 g/mol. The molecule has 4 heteroatoms. The largest absolute Gasteiger partial charge is 0.369 e. The summed E-state index contributed by atoms with van der Waals surface area (Å²) < 4.78 is 0. The van der Waals surface area contributed by atoms with E-state index in [0.29, 0.717) is 10.0 Å². The van der Waals surface area contributed by atoms with Gasteiger partial charge in [-0.25, -0.2) is 0 Å². The summed E-state index contributed by atoms with van der Waals surface area (Å²) in [5.41, 5.74) is 6.47. The van der Waals surface area contributed by atoms with E-state index >= 15 is 0 Å². The number of primary amides is 1. The highest BCUT2D eigenvalue weighted by Gasteiger charge is 2.39. The molecular weight excluding hydrogens is 293 g/mol. The Kier molecular flexibility index (Phi) is 4.98. The quantitative estimate of drug-likeness (QED) is 0.842. The van der Waals surface area contributed by atoms with Crippen molar-refractivity contribution in [2.24, 2.45) is 11.1 Å². The van der Waals surface area contributed by atoms with Crippen LogP contribution in [0.5, 0.6) is 0 Å². The predicted molar refractivity (Wildman–Crippen MR) is 84.2 cm³/mol. The minimum Gasteiger partial charge on any atom is -0.369 e. The lowest BCUT2D eigenvalue weighted by atomic mass is 9.68. The summed E-state index contributed by atoms with van der Waals surface area (Å²) in [6.07, 6.45) is 6.01. The number of hydrogen-bond acceptors (Lipinski definition) is 1. The van der Waals surface area contributed by atoms with E-state index in [-0.39, 0.29) is 17.2 Å². The van der Waals surface area contributed by atoms with Crippen LogP contribution in [0.1, 0.15) is 56.9 Å². The molecule has 20 heavy (non-hydrogen) atoms. The number of amides is 1. The first-order valence-electron chi connectivity index (χ1n) is 7.19. The van der Waals surface area contributed by atoms with Crippen molar-refractivity contribution >= 4 is 29.1 Å². The minimum atomic E-state index is -0.343. The Morgan fingerprint density at radius 2 is 1.90 bits per heavy atom. The van der Waals surface area contributed by atoms with Gasteiger partial charge in [0.05, 0.1) is 10.0 Å². The highest BCUT2D eigenvalue weighted by atomic mass is 35.5. The van der Waals surface area contributed by atoms with E-state index in [9.17, 15) is 4.79 Å². The van der Waals surface area contributed by atoms with Gasteiger partial charge in [0.1, 0.15) is 0 Å². The number of carbonyl (C=O) groups is 1. The molecule has 1 fully saturated rings. The smallest absolute Gasteiger partial charge is 0.223 e. The van der Waals surface area contributed by atoms with E-state index in [1.54, 1.807) is 0 Å². The molecule has 0 bridgehead atoms. The van der Waals surface area contributed by atoms with Crippen LogP contribution < -0.4 is 5.73 Å². The van der Waals surface area contributed by atoms with E-state index < -0.39 is 0 Å². The molecule has 1 aliphatic carbocycles. The van der Waals surface area contributed by atoms with Gasteiger partial charge < -0.3 is 5.73 Å². The molecule has 1 unspecified atom stereocenters. The molecule has 2 nitrogen and oxygen atoms in total. The lowest BCUT2D eigenvalue weighted by Crippen LogP contribution is -2.39. The van der Waals surface area contributed by atoms with Gasteiger partial charge in [-0.05, 0) is 42.9 Å². The molecule has 1 atom stereocenters. The van der Waals surface area contributed by atoms with Gasteiger partial charge in [-0.2, -0.15) is 0 Å². The van der Waals surface area contributed by atoms with Gasteiger partial charge in [0.25, 0.3) is 0 Å². The maximum atomic E-state index is 11.9. The van der Waals surface area contributed by atoms with Gasteiger partial charge in [0, 0.05) is 5.41 Å². The lowest BCUT2D eigenvalue weighted by molar-refractivity contribution is -0.130. The molecule has 2 N–H and O–H groups in total. The summed E-state index contributed by atoms with van der Waals surface area (Å²) in [7, 11) is 0. The van der Waals surface area contributed by atoms with Gasteiger partial charge in [0.2, 0.25) is 5.91 Å². The third-order valence-corrected chi connectivity index (χ3v) is 5.28. The number of benzene rings is 1. The van der Waals surface area contributed by atoms with E-state index in [1.165, 1.54) is 6.42 Å². The summed E-state index contributed by atoms with van der Waals surface area (Å²) in [4.78, 5) is 11.9. The van der Waals surface area contributed by atoms with Gasteiger partial charge in [-0.1, -0.05) is 55.5 Å². The molecule has 0 heterocycles. The zero-order valence-corrected chi connectivity index (χ0v) is 13.3. The van der Waals surface area contributed by atoms with Crippen molar-refractivity contribution in [3.05, 3.63) is 33.8 Å². The molecule has 1 aromatic carbocycles. The third kappa shape index (κ3) is 3.29. The maximum absolute atomic E-state index is 11.9. The van der Waals surface area contributed by atoms with Crippen LogP contribution in [-0.4, -0.2) is 5.91 Å². The van der Waals surface area contributed by atoms with Crippen molar-refractivity contribution in [2.75, 3.05) is 0 Å². The molecule has 110 valence electrons. The minimum absolute atomic E-state index is 0.149. The molecule has 0 aromatic heterocycles. The van der Waals surface area contributed by atoms with Crippen LogP contribution in [0.15, 0.2) is 18.2 Å². The fraction of sp³-hybridized carbons (Fsp3) is 0.562. The monoisotopic (exact) mass is 313 g/mol. The molecule has 1 aromatic rings. The maximum Gasteiger partial charge on any atom is 0.223 e. The Balaban J connectivity index is 2.17.